The van der Waals surface area contributed by atoms with E-state index < -0.39 is 6.09 Å². The molecule has 122 valence electrons. The lowest BCUT2D eigenvalue weighted by Crippen LogP contribution is -2.31. The summed E-state index contributed by atoms with van der Waals surface area (Å²) in [5.74, 6) is 0.948. The third-order valence-corrected chi connectivity index (χ3v) is 4.16. The highest BCUT2D eigenvalue weighted by atomic mass is 16.4. The molecule has 3 rings (SSSR count). The highest BCUT2D eigenvalue weighted by molar-refractivity contribution is 5.65. The van der Waals surface area contributed by atoms with Crippen LogP contribution in [0.15, 0.2) is 29.2 Å². The summed E-state index contributed by atoms with van der Waals surface area (Å²) in [6.45, 7) is 0. The second kappa shape index (κ2) is 6.15. The maximum absolute atomic E-state index is 11.4. The summed E-state index contributed by atoms with van der Waals surface area (Å²) < 4.78 is 1.50. The number of rotatable bonds is 4. The molecule has 1 amide bonds. The van der Waals surface area contributed by atoms with E-state index in [0.29, 0.717) is 5.82 Å². The summed E-state index contributed by atoms with van der Waals surface area (Å²) in [6.07, 6.45) is 3.26. The standard InChI is InChI=1S/C15H19N5O3/c1-20-8-11(4-5-14(20)21)16-13-7-12(18-19-13)9-2-3-10(6-9)17-15(22)23/h4-5,7-10,17H,2-3,6H2,1H3,(H,22,23)(H2,16,18,19). The van der Waals surface area contributed by atoms with Gasteiger partial charge in [-0.3, -0.25) is 9.89 Å². The highest BCUT2D eigenvalue weighted by Gasteiger charge is 2.28. The van der Waals surface area contributed by atoms with Crippen molar-refractivity contribution >= 4 is 17.6 Å². The largest absolute Gasteiger partial charge is 0.465 e. The summed E-state index contributed by atoms with van der Waals surface area (Å²) in [7, 11) is 1.69. The van der Waals surface area contributed by atoms with Crippen LogP contribution >= 0.6 is 0 Å². The number of H-pyrrole nitrogens is 1. The number of aromatic nitrogens is 3. The molecule has 2 aromatic rings. The Morgan fingerprint density at radius 2 is 2.26 bits per heavy atom. The Balaban J connectivity index is 1.65. The van der Waals surface area contributed by atoms with Crippen molar-refractivity contribution in [3.05, 3.63) is 40.4 Å². The van der Waals surface area contributed by atoms with E-state index in [1.165, 1.54) is 10.6 Å². The Hall–Kier alpha value is -2.77. The summed E-state index contributed by atoms with van der Waals surface area (Å²) in [6, 6.07) is 5.13. The van der Waals surface area contributed by atoms with Gasteiger partial charge in [0.1, 0.15) is 0 Å². The summed E-state index contributed by atoms with van der Waals surface area (Å²) in [4.78, 5) is 22.1. The minimum atomic E-state index is -0.975. The SMILES string of the molecule is Cn1cc(Nc2cc(C3CCC(NC(=O)O)C3)[nH]n2)ccc1=O. The van der Waals surface area contributed by atoms with Crippen molar-refractivity contribution in [1.82, 2.24) is 20.1 Å². The molecule has 0 radical (unpaired) electrons. The Morgan fingerprint density at radius 1 is 1.43 bits per heavy atom. The van der Waals surface area contributed by atoms with Crippen molar-refractivity contribution < 1.29 is 9.90 Å². The van der Waals surface area contributed by atoms with Gasteiger partial charge in [-0.15, -0.1) is 0 Å². The van der Waals surface area contributed by atoms with Crippen LogP contribution in [0, 0.1) is 0 Å². The fraction of sp³-hybridized carbons (Fsp3) is 0.400. The van der Waals surface area contributed by atoms with Gasteiger partial charge >= 0.3 is 6.09 Å². The lowest BCUT2D eigenvalue weighted by Gasteiger charge is -2.09. The Bertz CT molecular complexity index is 766. The molecule has 0 saturated heterocycles. The van der Waals surface area contributed by atoms with Crippen molar-refractivity contribution in [3.8, 4) is 0 Å². The van der Waals surface area contributed by atoms with Crippen LogP contribution in [0.1, 0.15) is 30.9 Å². The first-order chi connectivity index (χ1) is 11.0. The van der Waals surface area contributed by atoms with Crippen LogP contribution in [0.3, 0.4) is 0 Å². The van der Waals surface area contributed by atoms with Crippen molar-refractivity contribution in [2.24, 2.45) is 7.05 Å². The van der Waals surface area contributed by atoms with Gasteiger partial charge in [0.15, 0.2) is 5.82 Å². The van der Waals surface area contributed by atoms with E-state index in [1.54, 1.807) is 19.3 Å². The van der Waals surface area contributed by atoms with Crippen LogP contribution in [0.2, 0.25) is 0 Å². The minimum absolute atomic E-state index is 0.000794. The number of nitrogens with one attached hydrogen (secondary N) is 3. The fourth-order valence-corrected chi connectivity index (χ4v) is 3.00. The van der Waals surface area contributed by atoms with Gasteiger partial charge in [0.05, 0.1) is 5.69 Å². The van der Waals surface area contributed by atoms with Crippen molar-refractivity contribution in [3.63, 3.8) is 0 Å². The van der Waals surface area contributed by atoms with E-state index in [1.807, 2.05) is 6.07 Å². The number of anilines is 2. The van der Waals surface area contributed by atoms with Crippen LogP contribution in [-0.4, -0.2) is 32.0 Å². The van der Waals surface area contributed by atoms with Gasteiger partial charge in [0, 0.05) is 43.0 Å². The molecule has 0 aliphatic heterocycles. The number of pyridine rings is 1. The summed E-state index contributed by atoms with van der Waals surface area (Å²) in [5, 5.41) is 21.7. The van der Waals surface area contributed by atoms with Crippen molar-refractivity contribution in [2.45, 2.75) is 31.2 Å². The molecule has 23 heavy (non-hydrogen) atoms. The van der Waals surface area contributed by atoms with E-state index in [0.717, 1.165) is 30.6 Å². The van der Waals surface area contributed by atoms with Gasteiger partial charge in [-0.25, -0.2) is 4.79 Å². The predicted molar refractivity (Wildman–Crippen MR) is 85.1 cm³/mol. The zero-order chi connectivity index (χ0) is 16.4. The smallest absolute Gasteiger partial charge is 0.404 e. The van der Waals surface area contributed by atoms with Crippen LogP contribution < -0.4 is 16.2 Å². The number of carboxylic acid groups (broad SMARTS) is 1. The molecule has 2 heterocycles. The molecule has 2 atom stereocenters. The number of amides is 1. The molecular weight excluding hydrogens is 298 g/mol. The fourth-order valence-electron chi connectivity index (χ4n) is 3.00. The maximum Gasteiger partial charge on any atom is 0.404 e. The van der Waals surface area contributed by atoms with E-state index in [2.05, 4.69) is 20.8 Å². The quantitative estimate of drug-likeness (QED) is 0.686. The Kier molecular flexibility index (Phi) is 4.05. The molecule has 2 unspecified atom stereocenters. The van der Waals surface area contributed by atoms with Crippen LogP contribution in [0.4, 0.5) is 16.3 Å². The van der Waals surface area contributed by atoms with E-state index in [4.69, 9.17) is 5.11 Å². The number of aromatic amines is 1. The lowest BCUT2D eigenvalue weighted by molar-refractivity contribution is 0.190. The van der Waals surface area contributed by atoms with Crippen LogP contribution in [0.25, 0.3) is 0 Å². The Morgan fingerprint density at radius 3 is 3.00 bits per heavy atom. The number of hydrogen-bond donors (Lipinski definition) is 4. The first-order valence-electron chi connectivity index (χ1n) is 7.50. The van der Waals surface area contributed by atoms with Gasteiger partial charge in [0.25, 0.3) is 0 Å². The van der Waals surface area contributed by atoms with E-state index in [9.17, 15) is 9.59 Å². The molecular formula is C15H19N5O3. The Labute approximate surface area is 132 Å². The van der Waals surface area contributed by atoms with Crippen LogP contribution in [-0.2, 0) is 7.05 Å². The molecule has 0 bridgehead atoms. The van der Waals surface area contributed by atoms with Gasteiger partial charge in [-0.2, -0.15) is 5.10 Å². The second-order valence-corrected chi connectivity index (χ2v) is 5.86. The normalized spacial score (nSPS) is 20.4. The van der Waals surface area contributed by atoms with Gasteiger partial charge in [-0.1, -0.05) is 0 Å². The minimum Gasteiger partial charge on any atom is -0.465 e. The average Bonchev–Trinajstić information content (AvgIpc) is 3.11. The first kappa shape index (κ1) is 15.1. The summed E-state index contributed by atoms with van der Waals surface area (Å²) in [5.41, 5.74) is 1.70. The molecule has 1 aliphatic carbocycles. The maximum atomic E-state index is 11.4. The molecule has 8 heteroatoms. The van der Waals surface area contributed by atoms with Gasteiger partial charge in [-0.05, 0) is 25.3 Å². The van der Waals surface area contributed by atoms with Crippen LogP contribution in [0.5, 0.6) is 0 Å². The van der Waals surface area contributed by atoms with E-state index >= 15 is 0 Å². The molecule has 4 N–H and O–H groups in total. The highest BCUT2D eigenvalue weighted by Crippen LogP contribution is 2.34. The van der Waals surface area contributed by atoms with Gasteiger partial charge in [0.2, 0.25) is 5.56 Å². The van der Waals surface area contributed by atoms with Crippen molar-refractivity contribution in [2.75, 3.05) is 5.32 Å². The number of nitrogens with zero attached hydrogens (tertiary/aromatic N) is 2. The monoisotopic (exact) mass is 317 g/mol. The molecule has 1 saturated carbocycles. The number of aryl methyl sites for hydroxylation is 1. The first-order valence-corrected chi connectivity index (χ1v) is 7.50. The lowest BCUT2D eigenvalue weighted by atomic mass is 10.0. The predicted octanol–water partition coefficient (Wildman–Crippen LogP) is 1.76. The molecule has 0 aromatic carbocycles. The van der Waals surface area contributed by atoms with Crippen molar-refractivity contribution in [1.29, 1.82) is 0 Å². The zero-order valence-electron chi connectivity index (χ0n) is 12.7. The third kappa shape index (κ3) is 3.53. The second-order valence-electron chi connectivity index (χ2n) is 5.86. The van der Waals surface area contributed by atoms with E-state index in [-0.39, 0.29) is 17.5 Å². The molecule has 8 nitrogen and oxygen atoms in total. The molecule has 2 aromatic heterocycles. The molecule has 1 aliphatic rings. The topological polar surface area (TPSA) is 112 Å². The number of hydrogen-bond acceptors (Lipinski definition) is 4. The summed E-state index contributed by atoms with van der Waals surface area (Å²) >= 11 is 0. The third-order valence-electron chi connectivity index (χ3n) is 4.16. The zero-order valence-corrected chi connectivity index (χ0v) is 12.7. The average molecular weight is 317 g/mol. The number of carbonyl (C=O) groups is 1. The molecule has 0 spiro atoms. The van der Waals surface area contributed by atoms with Gasteiger partial charge < -0.3 is 20.3 Å². The molecule has 1 fully saturated rings.